The minimum Gasteiger partial charge on any atom is -0.315 e. The van der Waals surface area contributed by atoms with E-state index in [4.69, 9.17) is 4.98 Å². The van der Waals surface area contributed by atoms with Gasteiger partial charge in [-0.05, 0) is 50.1 Å². The Bertz CT molecular complexity index is 594. The first kappa shape index (κ1) is 15.7. The summed E-state index contributed by atoms with van der Waals surface area (Å²) in [6, 6.07) is 4.42. The zero-order valence-electron chi connectivity index (χ0n) is 12.7. The van der Waals surface area contributed by atoms with Crippen LogP contribution in [0.2, 0.25) is 0 Å². The molecular weight excluding hydrogens is 332 g/mol. The predicted molar refractivity (Wildman–Crippen MR) is 91.6 cm³/mol. The van der Waals surface area contributed by atoms with Crippen LogP contribution in [0.15, 0.2) is 16.6 Å². The molecule has 1 heterocycles. The van der Waals surface area contributed by atoms with Gasteiger partial charge in [-0.2, -0.15) is 0 Å². The maximum absolute atomic E-state index is 4.87. The van der Waals surface area contributed by atoms with E-state index in [1.165, 1.54) is 31.7 Å². The molecule has 0 bridgehead atoms. The van der Waals surface area contributed by atoms with Gasteiger partial charge in [0.15, 0.2) is 0 Å². The molecule has 108 valence electrons. The SMILES string of the molecule is CNCc1sc(-c2cc(C)c(Br)c(C)c2)nc1C(C)C. The molecule has 0 aliphatic heterocycles. The average Bonchev–Trinajstić information content (AvgIpc) is 2.80. The van der Waals surface area contributed by atoms with Gasteiger partial charge in [0.1, 0.15) is 5.01 Å². The fourth-order valence-electron chi connectivity index (χ4n) is 2.29. The van der Waals surface area contributed by atoms with Crippen molar-refractivity contribution in [1.29, 1.82) is 0 Å². The summed E-state index contributed by atoms with van der Waals surface area (Å²) in [5.74, 6) is 0.459. The number of benzene rings is 1. The van der Waals surface area contributed by atoms with Gasteiger partial charge in [0.05, 0.1) is 5.69 Å². The molecule has 0 radical (unpaired) electrons. The van der Waals surface area contributed by atoms with Gasteiger partial charge >= 0.3 is 0 Å². The lowest BCUT2D eigenvalue weighted by molar-refractivity contribution is 0.771. The van der Waals surface area contributed by atoms with Gasteiger partial charge in [-0.3, -0.25) is 0 Å². The van der Waals surface area contributed by atoms with Gasteiger partial charge in [-0.25, -0.2) is 4.98 Å². The summed E-state index contributed by atoms with van der Waals surface area (Å²) < 4.78 is 1.19. The molecule has 0 aliphatic carbocycles. The van der Waals surface area contributed by atoms with Crippen molar-refractivity contribution >= 4 is 27.3 Å². The van der Waals surface area contributed by atoms with E-state index in [1.54, 1.807) is 11.3 Å². The third-order valence-corrected chi connectivity index (χ3v) is 5.67. The smallest absolute Gasteiger partial charge is 0.123 e. The van der Waals surface area contributed by atoms with E-state index in [1.807, 2.05) is 7.05 Å². The molecule has 20 heavy (non-hydrogen) atoms. The fraction of sp³-hybridized carbons (Fsp3) is 0.438. The molecule has 1 aromatic carbocycles. The van der Waals surface area contributed by atoms with Crippen LogP contribution in [0.4, 0.5) is 0 Å². The second-order valence-corrected chi connectivity index (χ2v) is 7.31. The lowest BCUT2D eigenvalue weighted by Gasteiger charge is -2.05. The van der Waals surface area contributed by atoms with Crippen molar-refractivity contribution < 1.29 is 0 Å². The Morgan fingerprint density at radius 3 is 2.35 bits per heavy atom. The second kappa shape index (κ2) is 6.37. The van der Waals surface area contributed by atoms with Crippen molar-refractivity contribution in [3.05, 3.63) is 38.3 Å². The van der Waals surface area contributed by atoms with Gasteiger partial charge in [0, 0.05) is 21.5 Å². The number of thiazole rings is 1. The highest BCUT2D eigenvalue weighted by molar-refractivity contribution is 9.10. The van der Waals surface area contributed by atoms with Crippen LogP contribution >= 0.6 is 27.3 Å². The maximum Gasteiger partial charge on any atom is 0.123 e. The molecule has 2 nitrogen and oxygen atoms in total. The zero-order chi connectivity index (χ0) is 14.9. The van der Waals surface area contributed by atoms with Crippen LogP contribution in [0, 0.1) is 13.8 Å². The van der Waals surface area contributed by atoms with E-state index in [9.17, 15) is 0 Å². The van der Waals surface area contributed by atoms with E-state index in [0.717, 1.165) is 11.6 Å². The van der Waals surface area contributed by atoms with Crippen LogP contribution in [-0.2, 0) is 6.54 Å². The Labute approximate surface area is 133 Å². The fourth-order valence-corrected chi connectivity index (χ4v) is 3.74. The van der Waals surface area contributed by atoms with Crippen molar-refractivity contribution in [2.45, 2.75) is 40.2 Å². The summed E-state index contributed by atoms with van der Waals surface area (Å²) in [6.07, 6.45) is 0. The van der Waals surface area contributed by atoms with Crippen LogP contribution in [0.1, 0.15) is 41.5 Å². The molecule has 0 aliphatic rings. The Morgan fingerprint density at radius 1 is 1.25 bits per heavy atom. The van der Waals surface area contributed by atoms with Crippen molar-refractivity contribution in [1.82, 2.24) is 10.3 Å². The van der Waals surface area contributed by atoms with Crippen molar-refractivity contribution in [3.8, 4) is 10.6 Å². The number of nitrogens with zero attached hydrogens (tertiary/aromatic N) is 1. The van der Waals surface area contributed by atoms with E-state index in [0.29, 0.717) is 5.92 Å². The number of aromatic nitrogens is 1. The third kappa shape index (κ3) is 3.13. The zero-order valence-corrected chi connectivity index (χ0v) is 15.1. The highest BCUT2D eigenvalue weighted by Crippen LogP contribution is 2.34. The summed E-state index contributed by atoms with van der Waals surface area (Å²) in [6.45, 7) is 9.56. The first-order chi connectivity index (χ1) is 9.43. The quantitative estimate of drug-likeness (QED) is 0.834. The number of hydrogen-bond donors (Lipinski definition) is 1. The van der Waals surface area contributed by atoms with Crippen molar-refractivity contribution in [2.75, 3.05) is 7.05 Å². The first-order valence-corrected chi connectivity index (χ1v) is 8.46. The van der Waals surface area contributed by atoms with Crippen molar-refractivity contribution in [2.24, 2.45) is 0 Å². The second-order valence-electron chi connectivity index (χ2n) is 5.44. The molecule has 1 aromatic heterocycles. The molecule has 1 N–H and O–H groups in total. The highest BCUT2D eigenvalue weighted by Gasteiger charge is 2.15. The summed E-state index contributed by atoms with van der Waals surface area (Å²) in [5, 5.41) is 4.36. The normalized spacial score (nSPS) is 11.3. The summed E-state index contributed by atoms with van der Waals surface area (Å²) in [7, 11) is 1.98. The van der Waals surface area contributed by atoms with Gasteiger partial charge in [0.2, 0.25) is 0 Å². The lowest BCUT2D eigenvalue weighted by atomic mass is 10.1. The Hall–Kier alpha value is -0.710. The molecule has 0 atom stereocenters. The van der Waals surface area contributed by atoms with Gasteiger partial charge in [-0.1, -0.05) is 29.8 Å². The molecule has 2 aromatic rings. The van der Waals surface area contributed by atoms with Gasteiger partial charge in [0.25, 0.3) is 0 Å². The Kier molecular flexibility index (Phi) is 4.99. The average molecular weight is 353 g/mol. The van der Waals surface area contributed by atoms with Gasteiger partial charge < -0.3 is 5.32 Å². The summed E-state index contributed by atoms with van der Waals surface area (Å²) in [4.78, 5) is 6.22. The molecule has 0 saturated carbocycles. The van der Waals surface area contributed by atoms with Gasteiger partial charge in [-0.15, -0.1) is 11.3 Å². The van der Waals surface area contributed by atoms with Crippen LogP contribution in [0.25, 0.3) is 10.6 Å². The minimum atomic E-state index is 0.459. The topological polar surface area (TPSA) is 24.9 Å². The molecule has 2 rings (SSSR count). The third-order valence-electron chi connectivity index (χ3n) is 3.30. The first-order valence-electron chi connectivity index (χ1n) is 6.85. The Balaban J connectivity index is 2.50. The van der Waals surface area contributed by atoms with E-state index in [2.05, 4.69) is 61.1 Å². The number of halogens is 1. The number of aryl methyl sites for hydroxylation is 2. The molecule has 0 amide bonds. The molecule has 0 saturated heterocycles. The standard InChI is InChI=1S/C16H21BrN2S/c1-9(2)15-13(8-18-5)20-16(19-15)12-6-10(3)14(17)11(4)7-12/h6-7,9,18H,8H2,1-5H3. The van der Waals surface area contributed by atoms with E-state index >= 15 is 0 Å². The minimum absolute atomic E-state index is 0.459. The molecule has 4 heteroatoms. The maximum atomic E-state index is 4.87. The number of nitrogens with one attached hydrogen (secondary N) is 1. The molecule has 0 unspecified atom stereocenters. The lowest BCUT2D eigenvalue weighted by Crippen LogP contribution is -2.06. The largest absolute Gasteiger partial charge is 0.315 e. The van der Waals surface area contributed by atoms with Crippen LogP contribution in [0.5, 0.6) is 0 Å². The predicted octanol–water partition coefficient (Wildman–Crippen LogP) is 5.03. The summed E-state index contributed by atoms with van der Waals surface area (Å²) >= 11 is 5.43. The van der Waals surface area contributed by atoms with Crippen LogP contribution < -0.4 is 5.32 Å². The summed E-state index contributed by atoms with van der Waals surface area (Å²) in [5.41, 5.74) is 4.96. The van der Waals surface area contributed by atoms with E-state index in [-0.39, 0.29) is 0 Å². The highest BCUT2D eigenvalue weighted by atomic mass is 79.9. The Morgan fingerprint density at radius 2 is 1.85 bits per heavy atom. The van der Waals surface area contributed by atoms with Crippen molar-refractivity contribution in [3.63, 3.8) is 0 Å². The van der Waals surface area contributed by atoms with Crippen LogP contribution in [0.3, 0.4) is 0 Å². The monoisotopic (exact) mass is 352 g/mol. The number of rotatable bonds is 4. The molecule has 0 fully saturated rings. The molecular formula is C16H21BrN2S. The molecule has 0 spiro atoms. The number of hydrogen-bond acceptors (Lipinski definition) is 3. The van der Waals surface area contributed by atoms with Crippen LogP contribution in [-0.4, -0.2) is 12.0 Å². The van der Waals surface area contributed by atoms with E-state index < -0.39 is 0 Å².